The Hall–Kier alpha value is -1.85. The first-order valence-corrected chi connectivity index (χ1v) is 8.71. The van der Waals surface area contributed by atoms with Gasteiger partial charge in [0.2, 0.25) is 0 Å². The summed E-state index contributed by atoms with van der Waals surface area (Å²) >= 11 is 6.28. The first kappa shape index (κ1) is 17.0. The lowest BCUT2D eigenvalue weighted by Crippen LogP contribution is -3.12. The number of hydrogen-bond donors (Lipinski definition) is 1. The summed E-state index contributed by atoms with van der Waals surface area (Å²) in [5.74, 6) is -0.328. The van der Waals surface area contributed by atoms with Gasteiger partial charge < -0.3 is 14.5 Å². The predicted octanol–water partition coefficient (Wildman–Crippen LogP) is 1.71. The second-order valence-corrected chi connectivity index (χ2v) is 6.74. The average Bonchev–Trinajstić information content (AvgIpc) is 2.55. The highest BCUT2D eigenvalue weighted by Crippen LogP contribution is 2.33. The number of benzene rings is 1. The largest absolute Gasteiger partial charge is 0.462 e. The van der Waals surface area contributed by atoms with E-state index in [4.69, 9.17) is 16.3 Å². The van der Waals surface area contributed by atoms with E-state index in [0.29, 0.717) is 17.2 Å². The maximum atomic E-state index is 12.5. The van der Waals surface area contributed by atoms with Gasteiger partial charge in [0, 0.05) is 16.6 Å². The van der Waals surface area contributed by atoms with Gasteiger partial charge in [-0.05, 0) is 31.5 Å². The van der Waals surface area contributed by atoms with Crippen LogP contribution in [0.15, 0.2) is 18.3 Å². The Morgan fingerprint density at radius 2 is 2.08 bits per heavy atom. The number of piperazine rings is 1. The number of aromatic nitrogens is 1. The van der Waals surface area contributed by atoms with Crippen LogP contribution in [-0.4, -0.2) is 50.8 Å². The molecule has 0 atom stereocenters. The molecule has 1 aromatic heterocycles. The molecule has 1 aliphatic heterocycles. The molecule has 2 heterocycles. The SMILES string of the molecule is CCOC(=O)c1cnc2c(C)cc(Cl)cc2c1N1CC[NH+](C)CC1. The summed E-state index contributed by atoms with van der Waals surface area (Å²) < 4.78 is 5.25. The van der Waals surface area contributed by atoms with E-state index in [0.717, 1.165) is 48.3 Å². The highest BCUT2D eigenvalue weighted by molar-refractivity contribution is 6.31. The molecule has 0 aliphatic carbocycles. The summed E-state index contributed by atoms with van der Waals surface area (Å²) in [5.41, 5.74) is 3.31. The van der Waals surface area contributed by atoms with Crippen molar-refractivity contribution in [2.24, 2.45) is 0 Å². The maximum absolute atomic E-state index is 12.5. The van der Waals surface area contributed by atoms with Crippen LogP contribution in [0.5, 0.6) is 0 Å². The second-order valence-electron chi connectivity index (χ2n) is 6.30. The highest BCUT2D eigenvalue weighted by atomic mass is 35.5. The average molecular weight is 349 g/mol. The number of carbonyl (C=O) groups excluding carboxylic acids is 1. The van der Waals surface area contributed by atoms with Crippen molar-refractivity contribution in [3.63, 3.8) is 0 Å². The fraction of sp³-hybridized carbons (Fsp3) is 0.444. The van der Waals surface area contributed by atoms with Gasteiger partial charge in [-0.3, -0.25) is 4.98 Å². The zero-order chi connectivity index (χ0) is 17.3. The molecule has 24 heavy (non-hydrogen) atoms. The molecule has 2 aromatic rings. The van der Waals surface area contributed by atoms with E-state index in [1.807, 2.05) is 26.0 Å². The maximum Gasteiger partial charge on any atom is 0.341 e. The molecular formula is C18H23ClN3O2+. The van der Waals surface area contributed by atoms with E-state index in [1.165, 1.54) is 4.90 Å². The minimum absolute atomic E-state index is 0.328. The van der Waals surface area contributed by atoms with Gasteiger partial charge in [-0.2, -0.15) is 0 Å². The van der Waals surface area contributed by atoms with Crippen molar-refractivity contribution in [2.75, 3.05) is 44.7 Å². The topological polar surface area (TPSA) is 46.9 Å². The molecule has 0 saturated carbocycles. The fourth-order valence-corrected chi connectivity index (χ4v) is 3.51. The fourth-order valence-electron chi connectivity index (χ4n) is 3.23. The summed E-state index contributed by atoms with van der Waals surface area (Å²) in [4.78, 5) is 20.7. The lowest BCUT2D eigenvalue weighted by atomic mass is 10.0. The van der Waals surface area contributed by atoms with Crippen LogP contribution in [0.4, 0.5) is 5.69 Å². The van der Waals surface area contributed by atoms with Crippen LogP contribution in [0.3, 0.4) is 0 Å². The van der Waals surface area contributed by atoms with E-state index in [-0.39, 0.29) is 5.97 Å². The first-order valence-electron chi connectivity index (χ1n) is 8.33. The van der Waals surface area contributed by atoms with Gasteiger partial charge in [0.1, 0.15) is 5.56 Å². The van der Waals surface area contributed by atoms with Gasteiger partial charge in [0.25, 0.3) is 0 Å². The predicted molar refractivity (Wildman–Crippen MR) is 96.3 cm³/mol. The molecule has 128 valence electrons. The van der Waals surface area contributed by atoms with E-state index in [1.54, 1.807) is 6.20 Å². The molecule has 1 N–H and O–H groups in total. The Morgan fingerprint density at radius 1 is 1.38 bits per heavy atom. The van der Waals surface area contributed by atoms with Gasteiger partial charge in [-0.15, -0.1) is 0 Å². The number of fused-ring (bicyclic) bond motifs is 1. The number of nitrogens with zero attached hydrogens (tertiary/aromatic N) is 2. The number of rotatable bonds is 3. The van der Waals surface area contributed by atoms with Crippen molar-refractivity contribution >= 4 is 34.2 Å². The van der Waals surface area contributed by atoms with Gasteiger partial charge in [0.05, 0.1) is 51.0 Å². The number of aryl methyl sites for hydroxylation is 1. The number of pyridine rings is 1. The molecule has 5 nitrogen and oxygen atoms in total. The summed E-state index contributed by atoms with van der Waals surface area (Å²) in [5, 5.41) is 1.58. The molecule has 1 aliphatic rings. The zero-order valence-corrected chi connectivity index (χ0v) is 15.1. The van der Waals surface area contributed by atoms with E-state index >= 15 is 0 Å². The number of nitrogens with one attached hydrogen (secondary N) is 1. The van der Waals surface area contributed by atoms with Crippen LogP contribution in [0.1, 0.15) is 22.8 Å². The smallest absolute Gasteiger partial charge is 0.341 e. The highest BCUT2D eigenvalue weighted by Gasteiger charge is 2.25. The molecule has 6 heteroatoms. The van der Waals surface area contributed by atoms with E-state index < -0.39 is 0 Å². The number of hydrogen-bond acceptors (Lipinski definition) is 4. The first-order chi connectivity index (χ1) is 11.5. The Bertz CT molecular complexity index is 770. The number of likely N-dealkylation sites (N-methyl/N-ethyl adjacent to an activating group) is 1. The Balaban J connectivity index is 2.19. The van der Waals surface area contributed by atoms with Crippen LogP contribution < -0.4 is 9.80 Å². The minimum atomic E-state index is -0.328. The van der Waals surface area contributed by atoms with E-state index in [2.05, 4.69) is 16.9 Å². The number of carbonyl (C=O) groups is 1. The van der Waals surface area contributed by atoms with Crippen LogP contribution in [0.25, 0.3) is 10.9 Å². The van der Waals surface area contributed by atoms with Crippen LogP contribution in [0, 0.1) is 6.92 Å². The number of halogens is 1. The standard InChI is InChI=1S/C18H22ClN3O2/c1-4-24-18(23)15-11-20-16-12(2)9-13(19)10-14(16)17(15)22-7-5-21(3)6-8-22/h9-11H,4-8H2,1-3H3/p+1. The van der Waals surface area contributed by atoms with Gasteiger partial charge in [-0.1, -0.05) is 11.6 Å². The molecule has 0 bridgehead atoms. The van der Waals surface area contributed by atoms with Gasteiger partial charge in [0.15, 0.2) is 0 Å². The van der Waals surface area contributed by atoms with Crippen LogP contribution in [0.2, 0.25) is 5.02 Å². The van der Waals surface area contributed by atoms with Gasteiger partial charge in [-0.25, -0.2) is 4.79 Å². The third-order valence-corrected chi connectivity index (χ3v) is 4.75. The van der Waals surface area contributed by atoms with Crippen LogP contribution >= 0.6 is 11.6 Å². The third-order valence-electron chi connectivity index (χ3n) is 4.53. The summed E-state index contributed by atoms with van der Waals surface area (Å²) in [7, 11) is 2.19. The molecule has 3 rings (SSSR count). The molecule has 1 fully saturated rings. The molecule has 0 radical (unpaired) electrons. The lowest BCUT2D eigenvalue weighted by molar-refractivity contribution is -0.880. The van der Waals surface area contributed by atoms with Crippen molar-refractivity contribution in [1.29, 1.82) is 0 Å². The molecule has 0 amide bonds. The molecular weight excluding hydrogens is 326 g/mol. The number of anilines is 1. The number of quaternary nitrogens is 1. The van der Waals surface area contributed by atoms with Crippen LogP contribution in [-0.2, 0) is 4.74 Å². The van der Waals surface area contributed by atoms with Gasteiger partial charge >= 0.3 is 5.97 Å². The summed E-state index contributed by atoms with van der Waals surface area (Å²) in [6, 6.07) is 3.80. The second kappa shape index (κ2) is 6.95. The monoisotopic (exact) mass is 348 g/mol. The molecule has 1 saturated heterocycles. The van der Waals surface area contributed by atoms with E-state index in [9.17, 15) is 4.79 Å². The lowest BCUT2D eigenvalue weighted by Gasteiger charge is -2.33. The van der Waals surface area contributed by atoms with Crippen molar-refractivity contribution < 1.29 is 14.4 Å². The summed E-state index contributed by atoms with van der Waals surface area (Å²) in [6.45, 7) is 8.00. The van der Waals surface area contributed by atoms with Crippen molar-refractivity contribution in [2.45, 2.75) is 13.8 Å². The molecule has 0 unspecified atom stereocenters. The summed E-state index contributed by atoms with van der Waals surface area (Å²) in [6.07, 6.45) is 1.64. The number of esters is 1. The minimum Gasteiger partial charge on any atom is -0.462 e. The number of ether oxygens (including phenoxy) is 1. The quantitative estimate of drug-likeness (QED) is 0.858. The zero-order valence-electron chi connectivity index (χ0n) is 14.4. The van der Waals surface area contributed by atoms with Crippen molar-refractivity contribution in [3.05, 3.63) is 34.5 Å². The Labute approximate surface area is 147 Å². The Kier molecular flexibility index (Phi) is 4.92. The normalized spacial score (nSPS) is 15.8. The molecule has 0 spiro atoms. The van der Waals surface area contributed by atoms with Crippen molar-refractivity contribution in [3.8, 4) is 0 Å². The third kappa shape index (κ3) is 3.19. The van der Waals surface area contributed by atoms with Crippen molar-refractivity contribution in [1.82, 2.24) is 4.98 Å². The molecule has 1 aromatic carbocycles. The Morgan fingerprint density at radius 3 is 2.75 bits per heavy atom.